The summed E-state index contributed by atoms with van der Waals surface area (Å²) in [5, 5.41) is 0. The van der Waals surface area contributed by atoms with Crippen LogP contribution in [0, 0.1) is 0 Å². The molecule has 0 radical (unpaired) electrons. The molecule has 0 heterocycles. The topological polar surface area (TPSA) is 17.1 Å². The molecule has 0 aliphatic rings. The highest BCUT2D eigenvalue weighted by molar-refractivity contribution is 5.87. The first-order valence-electron chi connectivity index (χ1n) is 6.00. The minimum atomic E-state index is 0.901. The third kappa shape index (κ3) is 3.65. The van der Waals surface area contributed by atoms with E-state index in [9.17, 15) is 4.79 Å². The van der Waals surface area contributed by atoms with Crippen molar-refractivity contribution in [3.63, 3.8) is 0 Å². The Morgan fingerprint density at radius 1 is 1.19 bits per heavy atom. The molecule has 0 aromatic heterocycles. The number of hydrogen-bond acceptors (Lipinski definition) is 1. The number of allylic oxidation sites excluding steroid dienone is 2. The van der Waals surface area contributed by atoms with E-state index < -0.39 is 0 Å². The van der Waals surface area contributed by atoms with Crippen LogP contribution in [-0.2, 0) is 4.79 Å². The van der Waals surface area contributed by atoms with E-state index in [2.05, 4.69) is 19.1 Å². The van der Waals surface area contributed by atoms with Crippen LogP contribution in [0.4, 0.5) is 0 Å². The van der Waals surface area contributed by atoms with Gasteiger partial charge >= 0.3 is 0 Å². The zero-order valence-electron chi connectivity index (χ0n) is 10.2. The summed E-state index contributed by atoms with van der Waals surface area (Å²) < 4.78 is 0. The average Bonchev–Trinajstić information content (AvgIpc) is 2.35. The van der Waals surface area contributed by atoms with Crippen molar-refractivity contribution in [1.29, 1.82) is 0 Å². The van der Waals surface area contributed by atoms with Gasteiger partial charge in [0.15, 0.2) is 0 Å². The second-order valence-electron chi connectivity index (χ2n) is 4.09. The normalized spacial score (nSPS) is 12.1. The molecule has 0 fully saturated rings. The van der Waals surface area contributed by atoms with Crippen molar-refractivity contribution in [3.8, 4) is 0 Å². The van der Waals surface area contributed by atoms with Crippen molar-refractivity contribution in [2.24, 2.45) is 0 Å². The molecule has 0 amide bonds. The second kappa shape index (κ2) is 7.00. The lowest BCUT2D eigenvalue weighted by atomic mass is 9.98. The van der Waals surface area contributed by atoms with Crippen LogP contribution in [-0.4, -0.2) is 6.29 Å². The highest BCUT2D eigenvalue weighted by Crippen LogP contribution is 2.20. The molecule has 1 nitrogen and oxygen atoms in total. The van der Waals surface area contributed by atoms with Crippen molar-refractivity contribution < 1.29 is 4.79 Å². The molecule has 86 valence electrons. The SMILES string of the molecule is CCCCCC(C=O)=C(C)c1ccccc1. The highest BCUT2D eigenvalue weighted by Gasteiger charge is 2.03. The number of rotatable bonds is 6. The summed E-state index contributed by atoms with van der Waals surface area (Å²) in [7, 11) is 0. The molecule has 0 saturated carbocycles. The Morgan fingerprint density at radius 2 is 1.88 bits per heavy atom. The first-order chi connectivity index (χ1) is 7.79. The minimum absolute atomic E-state index is 0.901. The van der Waals surface area contributed by atoms with E-state index in [1.165, 1.54) is 12.8 Å². The molecular weight excluding hydrogens is 196 g/mol. The molecule has 16 heavy (non-hydrogen) atoms. The maximum absolute atomic E-state index is 11.1. The molecule has 0 aliphatic heterocycles. The zero-order valence-corrected chi connectivity index (χ0v) is 10.2. The van der Waals surface area contributed by atoms with Crippen molar-refractivity contribution in [3.05, 3.63) is 41.5 Å². The Morgan fingerprint density at radius 3 is 2.44 bits per heavy atom. The number of aldehydes is 1. The molecule has 0 spiro atoms. The van der Waals surface area contributed by atoms with Crippen LogP contribution >= 0.6 is 0 Å². The number of unbranched alkanes of at least 4 members (excludes halogenated alkanes) is 2. The van der Waals surface area contributed by atoms with Gasteiger partial charge in [-0.2, -0.15) is 0 Å². The van der Waals surface area contributed by atoms with Gasteiger partial charge in [0, 0.05) is 0 Å². The third-order valence-corrected chi connectivity index (χ3v) is 2.88. The summed E-state index contributed by atoms with van der Waals surface area (Å²) in [6.45, 7) is 4.21. The van der Waals surface area contributed by atoms with E-state index in [1.54, 1.807) is 0 Å². The van der Waals surface area contributed by atoms with E-state index >= 15 is 0 Å². The zero-order chi connectivity index (χ0) is 11.8. The van der Waals surface area contributed by atoms with E-state index in [0.717, 1.165) is 35.8 Å². The smallest absolute Gasteiger partial charge is 0.146 e. The predicted octanol–water partition coefficient (Wildman–Crippen LogP) is 4.24. The van der Waals surface area contributed by atoms with Gasteiger partial charge in [-0.1, -0.05) is 50.1 Å². The van der Waals surface area contributed by atoms with E-state index in [-0.39, 0.29) is 0 Å². The standard InChI is InChI=1S/C15H20O/c1-3-4-6-11-15(12-16)13(2)14-9-7-5-8-10-14/h5,7-10,12H,3-4,6,11H2,1-2H3. The Balaban J connectivity index is 2.78. The molecule has 0 aliphatic carbocycles. The van der Waals surface area contributed by atoms with E-state index in [1.807, 2.05) is 25.1 Å². The van der Waals surface area contributed by atoms with Crippen LogP contribution in [0.3, 0.4) is 0 Å². The summed E-state index contributed by atoms with van der Waals surface area (Å²) in [5.41, 5.74) is 3.22. The maximum Gasteiger partial charge on any atom is 0.146 e. The summed E-state index contributed by atoms with van der Waals surface area (Å²) in [4.78, 5) is 11.1. The monoisotopic (exact) mass is 216 g/mol. The molecule has 1 aromatic rings. The van der Waals surface area contributed by atoms with Gasteiger partial charge in [0.05, 0.1) is 0 Å². The van der Waals surface area contributed by atoms with Gasteiger partial charge in [-0.05, 0) is 36.5 Å². The molecule has 0 saturated heterocycles. The van der Waals surface area contributed by atoms with Crippen LogP contribution in [0.1, 0.15) is 45.1 Å². The second-order valence-corrected chi connectivity index (χ2v) is 4.09. The lowest BCUT2D eigenvalue weighted by Crippen LogP contribution is -1.91. The average molecular weight is 216 g/mol. The summed E-state index contributed by atoms with van der Waals surface area (Å²) in [6, 6.07) is 10.1. The lowest BCUT2D eigenvalue weighted by Gasteiger charge is -2.06. The van der Waals surface area contributed by atoms with Gasteiger partial charge in [-0.3, -0.25) is 4.79 Å². The first kappa shape index (κ1) is 12.7. The van der Waals surface area contributed by atoms with Gasteiger partial charge in [0.25, 0.3) is 0 Å². The fourth-order valence-corrected chi connectivity index (χ4v) is 1.77. The predicted molar refractivity (Wildman–Crippen MR) is 69.2 cm³/mol. The lowest BCUT2D eigenvalue weighted by molar-refractivity contribution is -0.105. The highest BCUT2D eigenvalue weighted by atomic mass is 16.1. The van der Waals surface area contributed by atoms with Crippen molar-refractivity contribution >= 4 is 11.9 Å². The maximum atomic E-state index is 11.1. The van der Waals surface area contributed by atoms with Gasteiger partial charge in [-0.25, -0.2) is 0 Å². The minimum Gasteiger partial charge on any atom is -0.298 e. The molecule has 0 N–H and O–H groups in total. The Labute approximate surface area is 98.2 Å². The van der Waals surface area contributed by atoms with Gasteiger partial charge in [-0.15, -0.1) is 0 Å². The first-order valence-corrected chi connectivity index (χ1v) is 6.00. The van der Waals surface area contributed by atoms with Crippen molar-refractivity contribution in [2.75, 3.05) is 0 Å². The number of benzene rings is 1. The van der Waals surface area contributed by atoms with Crippen LogP contribution in [0.25, 0.3) is 5.57 Å². The van der Waals surface area contributed by atoms with Crippen LogP contribution in [0.15, 0.2) is 35.9 Å². The molecule has 0 atom stereocenters. The van der Waals surface area contributed by atoms with Crippen molar-refractivity contribution in [1.82, 2.24) is 0 Å². The quantitative estimate of drug-likeness (QED) is 0.395. The molecule has 1 aromatic carbocycles. The third-order valence-electron chi connectivity index (χ3n) is 2.88. The largest absolute Gasteiger partial charge is 0.298 e. The van der Waals surface area contributed by atoms with Crippen LogP contribution in [0.2, 0.25) is 0 Å². The molecular formula is C15H20O. The Kier molecular flexibility index (Phi) is 5.55. The van der Waals surface area contributed by atoms with Crippen LogP contribution < -0.4 is 0 Å². The fraction of sp³-hybridized carbons (Fsp3) is 0.400. The summed E-state index contributed by atoms with van der Waals surface area (Å²) in [6.07, 6.45) is 5.40. The number of carbonyl (C=O) groups is 1. The van der Waals surface area contributed by atoms with E-state index in [0.29, 0.717) is 0 Å². The fourth-order valence-electron chi connectivity index (χ4n) is 1.77. The van der Waals surface area contributed by atoms with Crippen LogP contribution in [0.5, 0.6) is 0 Å². The molecule has 0 bridgehead atoms. The summed E-state index contributed by atoms with van der Waals surface area (Å²) >= 11 is 0. The van der Waals surface area contributed by atoms with Crippen molar-refractivity contribution in [2.45, 2.75) is 39.5 Å². The van der Waals surface area contributed by atoms with Gasteiger partial charge in [0.1, 0.15) is 6.29 Å². The number of carbonyl (C=O) groups excluding carboxylic acids is 1. The van der Waals surface area contributed by atoms with Gasteiger partial charge < -0.3 is 0 Å². The molecule has 0 unspecified atom stereocenters. The van der Waals surface area contributed by atoms with Gasteiger partial charge in [0.2, 0.25) is 0 Å². The molecule has 1 rings (SSSR count). The number of hydrogen-bond donors (Lipinski definition) is 0. The molecule has 1 heteroatoms. The summed E-state index contributed by atoms with van der Waals surface area (Å²) in [5.74, 6) is 0. The Bertz CT molecular complexity index is 349. The Hall–Kier alpha value is -1.37. The van der Waals surface area contributed by atoms with E-state index in [4.69, 9.17) is 0 Å².